The first kappa shape index (κ1) is 17.2. The summed E-state index contributed by atoms with van der Waals surface area (Å²) in [6.45, 7) is 2.65. The van der Waals surface area contributed by atoms with Crippen molar-refractivity contribution >= 4 is 32.9 Å². The Balaban J connectivity index is 1.33. The Morgan fingerprint density at radius 2 is 1.89 bits per heavy atom. The molecule has 0 amide bonds. The highest BCUT2D eigenvalue weighted by Gasteiger charge is 2.01. The lowest BCUT2D eigenvalue weighted by Crippen LogP contribution is -1.96. The number of nitrogens with zero attached hydrogens (tertiary/aromatic N) is 2. The summed E-state index contributed by atoms with van der Waals surface area (Å²) in [4.78, 5) is 4.49. The van der Waals surface area contributed by atoms with E-state index in [0.29, 0.717) is 6.61 Å². The largest absolute Gasteiger partial charge is 0.489 e. The van der Waals surface area contributed by atoms with Crippen LogP contribution in [-0.4, -0.2) is 11.2 Å². The van der Waals surface area contributed by atoms with Crippen LogP contribution in [0.25, 0.3) is 10.2 Å². The topological polar surface area (TPSA) is 46.5 Å². The predicted octanol–water partition coefficient (Wildman–Crippen LogP) is 5.63. The molecular weight excluding hydrogens is 354 g/mol. The second-order valence-electron chi connectivity index (χ2n) is 6.20. The van der Waals surface area contributed by atoms with Crippen LogP contribution >= 0.6 is 11.3 Å². The summed E-state index contributed by atoms with van der Waals surface area (Å²) in [5.74, 6) is 0.841. The zero-order valence-electron chi connectivity index (χ0n) is 14.9. The lowest BCUT2D eigenvalue weighted by molar-refractivity contribution is 0.306. The molecule has 1 heterocycles. The minimum Gasteiger partial charge on any atom is -0.489 e. The Labute approximate surface area is 162 Å². The van der Waals surface area contributed by atoms with Gasteiger partial charge < -0.3 is 4.74 Å². The van der Waals surface area contributed by atoms with Crippen molar-refractivity contribution in [1.29, 1.82) is 0 Å². The molecule has 0 bridgehead atoms. The van der Waals surface area contributed by atoms with Gasteiger partial charge in [0.1, 0.15) is 12.4 Å². The fraction of sp³-hybridized carbons (Fsp3) is 0.0909. The van der Waals surface area contributed by atoms with Gasteiger partial charge in [-0.25, -0.2) is 4.98 Å². The fourth-order valence-corrected chi connectivity index (χ4v) is 3.52. The van der Waals surface area contributed by atoms with Crippen LogP contribution in [0.2, 0.25) is 0 Å². The summed E-state index contributed by atoms with van der Waals surface area (Å²) >= 11 is 1.58. The number of hydrazone groups is 1. The normalized spacial score (nSPS) is 11.1. The van der Waals surface area contributed by atoms with E-state index in [0.717, 1.165) is 26.7 Å². The van der Waals surface area contributed by atoms with E-state index < -0.39 is 0 Å². The zero-order valence-corrected chi connectivity index (χ0v) is 15.7. The summed E-state index contributed by atoms with van der Waals surface area (Å²) in [5.41, 5.74) is 7.38. The molecule has 27 heavy (non-hydrogen) atoms. The lowest BCUT2D eigenvalue weighted by atomic mass is 10.1. The van der Waals surface area contributed by atoms with Gasteiger partial charge in [-0.05, 0) is 54.4 Å². The molecule has 0 spiro atoms. The number of thiazole rings is 1. The van der Waals surface area contributed by atoms with Gasteiger partial charge in [0.2, 0.25) is 5.13 Å². The molecule has 1 N–H and O–H groups in total. The molecule has 0 aliphatic rings. The Bertz CT molecular complexity index is 1040. The van der Waals surface area contributed by atoms with Gasteiger partial charge in [-0.15, -0.1) is 0 Å². The van der Waals surface area contributed by atoms with Crippen molar-refractivity contribution in [3.05, 3.63) is 89.5 Å². The number of para-hydroxylation sites is 1. The van der Waals surface area contributed by atoms with Gasteiger partial charge in [-0.1, -0.05) is 53.3 Å². The van der Waals surface area contributed by atoms with Crippen LogP contribution in [0.5, 0.6) is 5.75 Å². The average Bonchev–Trinajstić information content (AvgIpc) is 3.10. The molecule has 0 aliphatic carbocycles. The monoisotopic (exact) mass is 373 g/mol. The van der Waals surface area contributed by atoms with Crippen molar-refractivity contribution in [2.75, 3.05) is 5.43 Å². The standard InChI is InChI=1S/C22H19N3OS/c1-16-5-4-6-18(13-16)15-26-19-11-9-17(10-12-19)14-23-25-22-24-20-7-2-3-8-21(20)27-22/h2-14H,15H2,1H3,(H,24,25)/b23-14-. The number of hydrogen-bond acceptors (Lipinski definition) is 5. The number of nitrogens with one attached hydrogen (secondary N) is 1. The predicted molar refractivity (Wildman–Crippen MR) is 113 cm³/mol. The van der Waals surface area contributed by atoms with Gasteiger partial charge in [0.05, 0.1) is 16.4 Å². The van der Waals surface area contributed by atoms with Crippen molar-refractivity contribution in [3.8, 4) is 5.75 Å². The van der Waals surface area contributed by atoms with Crippen LogP contribution in [0.3, 0.4) is 0 Å². The molecule has 4 aromatic rings. The van der Waals surface area contributed by atoms with Gasteiger partial charge >= 0.3 is 0 Å². The van der Waals surface area contributed by atoms with E-state index in [4.69, 9.17) is 4.74 Å². The van der Waals surface area contributed by atoms with Crippen LogP contribution in [-0.2, 0) is 6.61 Å². The summed E-state index contributed by atoms with van der Waals surface area (Å²) in [6, 6.07) is 24.2. The van der Waals surface area contributed by atoms with Crippen molar-refractivity contribution < 1.29 is 4.74 Å². The molecule has 0 fully saturated rings. The van der Waals surface area contributed by atoms with Gasteiger partial charge in [-0.3, -0.25) is 5.43 Å². The van der Waals surface area contributed by atoms with E-state index in [9.17, 15) is 0 Å². The first-order chi connectivity index (χ1) is 13.3. The lowest BCUT2D eigenvalue weighted by Gasteiger charge is -2.07. The summed E-state index contributed by atoms with van der Waals surface area (Å²) in [5, 5.41) is 5.06. The first-order valence-electron chi connectivity index (χ1n) is 8.69. The molecule has 5 heteroatoms. The third kappa shape index (κ3) is 4.51. The van der Waals surface area contributed by atoms with Crippen molar-refractivity contribution in [1.82, 2.24) is 4.98 Å². The number of rotatable bonds is 6. The van der Waals surface area contributed by atoms with E-state index in [2.05, 4.69) is 46.7 Å². The van der Waals surface area contributed by atoms with Crippen molar-refractivity contribution in [3.63, 3.8) is 0 Å². The van der Waals surface area contributed by atoms with E-state index in [-0.39, 0.29) is 0 Å². The maximum atomic E-state index is 5.84. The van der Waals surface area contributed by atoms with Crippen LogP contribution in [0.1, 0.15) is 16.7 Å². The van der Waals surface area contributed by atoms with Gasteiger partial charge in [0.25, 0.3) is 0 Å². The molecule has 1 aromatic heterocycles. The first-order valence-corrected chi connectivity index (χ1v) is 9.51. The van der Waals surface area contributed by atoms with Crippen molar-refractivity contribution in [2.24, 2.45) is 5.10 Å². The zero-order chi connectivity index (χ0) is 18.5. The molecule has 0 aliphatic heterocycles. The van der Waals surface area contributed by atoms with E-state index in [1.807, 2.05) is 48.5 Å². The van der Waals surface area contributed by atoms with Crippen LogP contribution < -0.4 is 10.2 Å². The van der Waals surface area contributed by atoms with E-state index >= 15 is 0 Å². The number of aromatic nitrogens is 1. The maximum absolute atomic E-state index is 5.84. The Morgan fingerprint density at radius 3 is 2.70 bits per heavy atom. The number of fused-ring (bicyclic) bond motifs is 1. The van der Waals surface area contributed by atoms with E-state index in [1.165, 1.54) is 11.1 Å². The minimum atomic E-state index is 0.564. The SMILES string of the molecule is Cc1cccc(COc2ccc(/C=N\Nc3nc4ccccc4s3)cc2)c1. The second-order valence-corrected chi connectivity index (χ2v) is 7.23. The molecular formula is C22H19N3OS. The van der Waals surface area contributed by atoms with Crippen LogP contribution in [0.4, 0.5) is 5.13 Å². The average molecular weight is 373 g/mol. The Morgan fingerprint density at radius 1 is 1.04 bits per heavy atom. The highest BCUT2D eigenvalue weighted by Crippen LogP contribution is 2.25. The highest BCUT2D eigenvalue weighted by atomic mass is 32.1. The van der Waals surface area contributed by atoms with Crippen LogP contribution in [0.15, 0.2) is 77.9 Å². The molecule has 0 saturated carbocycles. The summed E-state index contributed by atoms with van der Waals surface area (Å²) < 4.78 is 6.98. The number of ether oxygens (including phenoxy) is 1. The minimum absolute atomic E-state index is 0.564. The number of aryl methyl sites for hydroxylation is 1. The van der Waals surface area contributed by atoms with Gasteiger partial charge in [-0.2, -0.15) is 5.10 Å². The van der Waals surface area contributed by atoms with Crippen LogP contribution in [0, 0.1) is 6.92 Å². The third-order valence-electron chi connectivity index (χ3n) is 4.04. The third-order valence-corrected chi connectivity index (χ3v) is 4.98. The Kier molecular flexibility index (Phi) is 5.12. The molecule has 4 nitrogen and oxygen atoms in total. The smallest absolute Gasteiger partial charge is 0.204 e. The van der Waals surface area contributed by atoms with E-state index in [1.54, 1.807) is 17.6 Å². The van der Waals surface area contributed by atoms with Gasteiger partial charge in [0, 0.05) is 0 Å². The molecule has 0 unspecified atom stereocenters. The molecule has 0 radical (unpaired) electrons. The maximum Gasteiger partial charge on any atom is 0.204 e. The molecule has 0 atom stereocenters. The second kappa shape index (κ2) is 8.01. The molecule has 0 saturated heterocycles. The summed E-state index contributed by atoms with van der Waals surface area (Å²) in [7, 11) is 0. The molecule has 3 aromatic carbocycles. The molecule has 134 valence electrons. The summed E-state index contributed by atoms with van der Waals surface area (Å²) in [6.07, 6.45) is 1.77. The Hall–Kier alpha value is -3.18. The quantitative estimate of drug-likeness (QED) is 0.352. The molecule has 4 rings (SSSR count). The number of hydrogen-bond donors (Lipinski definition) is 1. The van der Waals surface area contributed by atoms with Crippen molar-refractivity contribution in [2.45, 2.75) is 13.5 Å². The number of anilines is 1. The fourth-order valence-electron chi connectivity index (χ4n) is 2.70. The van der Waals surface area contributed by atoms with Gasteiger partial charge in [0.15, 0.2) is 0 Å². The highest BCUT2D eigenvalue weighted by molar-refractivity contribution is 7.22. The number of benzene rings is 3.